The zero-order valence-corrected chi connectivity index (χ0v) is 15.6. The Morgan fingerprint density at radius 3 is 2.67 bits per heavy atom. The quantitative estimate of drug-likeness (QED) is 0.838. The maximum atomic E-state index is 10.2. The normalized spacial score (nSPS) is 13.0. The number of anilines is 2. The van der Waals surface area contributed by atoms with Gasteiger partial charge in [0, 0.05) is 21.4 Å². The maximum absolute atomic E-state index is 10.2. The average Bonchev–Trinajstić information content (AvgIpc) is 2.54. The van der Waals surface area contributed by atoms with Gasteiger partial charge in [-0.2, -0.15) is 0 Å². The number of halogens is 1. The van der Waals surface area contributed by atoms with Crippen LogP contribution in [0.15, 0.2) is 40.1 Å². The van der Waals surface area contributed by atoms with E-state index < -0.39 is 0 Å². The van der Waals surface area contributed by atoms with Crippen LogP contribution in [-0.2, 0) is 0 Å². The van der Waals surface area contributed by atoms with Crippen molar-refractivity contribution in [2.45, 2.75) is 16.2 Å². The predicted molar refractivity (Wildman–Crippen MR) is 100 cm³/mol. The minimum absolute atomic E-state index is 0.153. The van der Waals surface area contributed by atoms with Crippen LogP contribution in [0.2, 0.25) is 5.02 Å². The van der Waals surface area contributed by atoms with Crippen molar-refractivity contribution in [3.05, 3.63) is 35.4 Å². The molecular weight excluding hydrogens is 344 g/mol. The molecule has 0 bridgehead atoms. The molecule has 0 saturated carbocycles. The molecule has 1 aliphatic heterocycles. The number of phenolic OH excluding ortho intramolecular Hbond substituents is 1. The lowest BCUT2D eigenvalue weighted by Crippen LogP contribution is -2.25. The Morgan fingerprint density at radius 1 is 1.21 bits per heavy atom. The molecular formula is C18H21ClN2O2S. The molecule has 4 nitrogen and oxygen atoms in total. The summed E-state index contributed by atoms with van der Waals surface area (Å²) >= 11 is 7.90. The second-order valence-electron chi connectivity index (χ2n) is 5.99. The lowest BCUT2D eigenvalue weighted by molar-refractivity contribution is 0.372. The summed E-state index contributed by atoms with van der Waals surface area (Å²) in [4.78, 5) is 6.60. The molecule has 0 spiro atoms. The summed E-state index contributed by atoms with van der Waals surface area (Å²) < 4.78 is 5.50. The van der Waals surface area contributed by atoms with Crippen molar-refractivity contribution in [1.82, 2.24) is 4.90 Å². The van der Waals surface area contributed by atoms with E-state index in [-0.39, 0.29) is 5.75 Å². The first-order chi connectivity index (χ1) is 11.5. The molecule has 0 unspecified atom stereocenters. The third-order valence-corrected chi connectivity index (χ3v) is 5.32. The molecule has 0 saturated heterocycles. The number of phenols is 1. The largest absolute Gasteiger partial charge is 0.504 e. The highest BCUT2D eigenvalue weighted by molar-refractivity contribution is 7.99. The van der Waals surface area contributed by atoms with Crippen molar-refractivity contribution in [1.29, 1.82) is 0 Å². The van der Waals surface area contributed by atoms with E-state index in [1.165, 1.54) is 0 Å². The highest BCUT2D eigenvalue weighted by Gasteiger charge is 2.28. The van der Waals surface area contributed by atoms with Gasteiger partial charge in [0.2, 0.25) is 0 Å². The molecule has 0 amide bonds. The number of rotatable bonds is 5. The van der Waals surface area contributed by atoms with E-state index in [4.69, 9.17) is 16.3 Å². The number of nitrogens with zero attached hydrogens (tertiary/aromatic N) is 2. The van der Waals surface area contributed by atoms with Crippen LogP contribution in [-0.4, -0.2) is 44.3 Å². The van der Waals surface area contributed by atoms with E-state index in [0.29, 0.717) is 10.8 Å². The maximum Gasteiger partial charge on any atom is 0.185 e. The Bertz CT molecular complexity index is 752. The van der Waals surface area contributed by atoms with Crippen molar-refractivity contribution in [2.75, 3.05) is 39.2 Å². The Hall–Kier alpha value is -1.56. The molecule has 1 N–H and O–H groups in total. The van der Waals surface area contributed by atoms with Gasteiger partial charge < -0.3 is 19.6 Å². The topological polar surface area (TPSA) is 35.9 Å². The molecule has 3 rings (SSSR count). The first kappa shape index (κ1) is 17.3. The van der Waals surface area contributed by atoms with E-state index >= 15 is 0 Å². The van der Waals surface area contributed by atoms with Gasteiger partial charge in [-0.05, 0) is 57.4 Å². The number of benzene rings is 2. The fourth-order valence-corrected chi connectivity index (χ4v) is 4.13. The Kier molecular flexibility index (Phi) is 5.13. The summed E-state index contributed by atoms with van der Waals surface area (Å²) in [5.74, 6) is 0.662. The molecule has 2 aromatic carbocycles. The highest BCUT2D eigenvalue weighted by atomic mass is 35.5. The predicted octanol–water partition coefficient (Wildman–Crippen LogP) is 4.61. The monoisotopic (exact) mass is 364 g/mol. The smallest absolute Gasteiger partial charge is 0.185 e. The first-order valence-electron chi connectivity index (χ1n) is 7.81. The van der Waals surface area contributed by atoms with Gasteiger partial charge in [-0.3, -0.25) is 0 Å². The van der Waals surface area contributed by atoms with Gasteiger partial charge >= 0.3 is 0 Å². The molecule has 2 aromatic rings. The fourth-order valence-electron chi connectivity index (χ4n) is 2.89. The van der Waals surface area contributed by atoms with Crippen molar-refractivity contribution in [3.8, 4) is 11.5 Å². The number of hydrogen-bond acceptors (Lipinski definition) is 5. The van der Waals surface area contributed by atoms with Crippen LogP contribution in [0.3, 0.4) is 0 Å². The van der Waals surface area contributed by atoms with E-state index in [1.807, 2.05) is 24.3 Å². The van der Waals surface area contributed by atoms with Gasteiger partial charge in [0.25, 0.3) is 0 Å². The van der Waals surface area contributed by atoms with Gasteiger partial charge in [0.15, 0.2) is 11.5 Å². The van der Waals surface area contributed by atoms with E-state index in [1.54, 1.807) is 24.9 Å². The summed E-state index contributed by atoms with van der Waals surface area (Å²) in [6, 6.07) is 9.56. The first-order valence-corrected chi connectivity index (χ1v) is 9.00. The fraction of sp³-hybridized carbons (Fsp3) is 0.333. The molecule has 0 fully saturated rings. The third-order valence-electron chi connectivity index (χ3n) is 3.97. The lowest BCUT2D eigenvalue weighted by Gasteiger charge is -2.34. The molecule has 1 heterocycles. The zero-order chi connectivity index (χ0) is 17.3. The van der Waals surface area contributed by atoms with Crippen molar-refractivity contribution < 1.29 is 9.84 Å². The molecule has 0 aliphatic carbocycles. The molecule has 24 heavy (non-hydrogen) atoms. The minimum atomic E-state index is 0.153. The lowest BCUT2D eigenvalue weighted by atomic mass is 10.2. The molecule has 0 radical (unpaired) electrons. The number of aromatic hydroxyl groups is 1. The Labute approximate surface area is 152 Å². The highest BCUT2D eigenvalue weighted by Crippen LogP contribution is 2.54. The van der Waals surface area contributed by atoms with E-state index in [2.05, 4.69) is 23.9 Å². The van der Waals surface area contributed by atoms with Crippen LogP contribution in [0.5, 0.6) is 11.5 Å². The second kappa shape index (κ2) is 7.13. The van der Waals surface area contributed by atoms with Crippen molar-refractivity contribution in [2.24, 2.45) is 0 Å². The number of ether oxygens (including phenoxy) is 1. The van der Waals surface area contributed by atoms with Crippen LogP contribution in [0.1, 0.15) is 6.42 Å². The van der Waals surface area contributed by atoms with Crippen LogP contribution in [0.25, 0.3) is 0 Å². The zero-order valence-electron chi connectivity index (χ0n) is 14.0. The van der Waals surface area contributed by atoms with Crippen molar-refractivity contribution in [3.63, 3.8) is 0 Å². The van der Waals surface area contributed by atoms with Crippen LogP contribution >= 0.6 is 23.4 Å². The second-order valence-corrected chi connectivity index (χ2v) is 7.51. The third kappa shape index (κ3) is 3.29. The molecule has 6 heteroatoms. The SMILES string of the molecule is COc1c(O)ccc2c1N(CCCN(C)C)c1cc(Cl)ccc1S2. The Balaban J connectivity index is 2.07. The van der Waals surface area contributed by atoms with Gasteiger partial charge in [-0.1, -0.05) is 23.4 Å². The van der Waals surface area contributed by atoms with Crippen molar-refractivity contribution >= 4 is 34.7 Å². The summed E-state index contributed by atoms with van der Waals surface area (Å²) in [6.45, 7) is 1.80. The van der Waals surface area contributed by atoms with Gasteiger partial charge in [0.05, 0.1) is 12.8 Å². The van der Waals surface area contributed by atoms with Crippen LogP contribution < -0.4 is 9.64 Å². The number of fused-ring (bicyclic) bond motifs is 2. The van der Waals surface area contributed by atoms with Gasteiger partial charge in [-0.25, -0.2) is 0 Å². The summed E-state index contributed by atoms with van der Waals surface area (Å²) in [7, 11) is 5.72. The van der Waals surface area contributed by atoms with Crippen LogP contribution in [0.4, 0.5) is 11.4 Å². The number of methoxy groups -OCH3 is 1. The summed E-state index contributed by atoms with van der Waals surface area (Å²) in [5.41, 5.74) is 1.97. The average molecular weight is 365 g/mol. The molecule has 128 valence electrons. The summed E-state index contributed by atoms with van der Waals surface area (Å²) in [5, 5.41) is 10.9. The standard InChI is InChI=1S/C18H21ClN2O2S/c1-20(2)9-4-10-21-13-11-12(19)5-7-15(13)24-16-8-6-14(22)18(23-3)17(16)21/h5-8,11,22H,4,9-10H2,1-3H3. The van der Waals surface area contributed by atoms with Gasteiger partial charge in [0.1, 0.15) is 5.69 Å². The molecule has 0 atom stereocenters. The van der Waals surface area contributed by atoms with Gasteiger partial charge in [-0.15, -0.1) is 0 Å². The van der Waals surface area contributed by atoms with Crippen LogP contribution in [0, 0.1) is 0 Å². The number of hydrogen-bond donors (Lipinski definition) is 1. The summed E-state index contributed by atoms with van der Waals surface area (Å²) in [6.07, 6.45) is 0.988. The van der Waals surface area contributed by atoms with E-state index in [0.717, 1.165) is 40.7 Å². The Morgan fingerprint density at radius 2 is 1.96 bits per heavy atom. The minimum Gasteiger partial charge on any atom is -0.504 e. The van der Waals surface area contributed by atoms with E-state index in [9.17, 15) is 5.11 Å². The molecule has 0 aromatic heterocycles. The molecule has 1 aliphatic rings.